The molecule has 0 fully saturated rings. The van der Waals surface area contributed by atoms with Crippen molar-refractivity contribution in [1.82, 2.24) is 5.32 Å². The Morgan fingerprint density at radius 2 is 2.30 bits per heavy atom. The highest BCUT2D eigenvalue weighted by atomic mass is 19.1. The van der Waals surface area contributed by atoms with E-state index in [9.17, 15) is 19.3 Å². The topological polar surface area (TPSA) is 102 Å². The molecule has 1 aromatic rings. The quantitative estimate of drug-likeness (QED) is 0.555. The molecule has 0 amide bonds. The third-order valence-electron chi connectivity index (χ3n) is 2.46. The van der Waals surface area contributed by atoms with E-state index in [1.54, 1.807) is 0 Å². The predicted octanol–water partition coefficient (Wildman–Crippen LogP) is 1.57. The van der Waals surface area contributed by atoms with Crippen LogP contribution >= 0.6 is 0 Å². The SMILES string of the molecule is CCCNC(COc1cc(F)ccc1[N+](=O)[O-])C(=O)O. The summed E-state index contributed by atoms with van der Waals surface area (Å²) in [5, 5.41) is 22.4. The fourth-order valence-electron chi connectivity index (χ4n) is 1.46. The van der Waals surface area contributed by atoms with E-state index in [2.05, 4.69) is 5.32 Å². The summed E-state index contributed by atoms with van der Waals surface area (Å²) in [5.74, 6) is -2.13. The first kappa shape index (κ1) is 15.8. The predicted molar refractivity (Wildman–Crippen MR) is 68.3 cm³/mol. The summed E-state index contributed by atoms with van der Waals surface area (Å²) in [6, 6.07) is 1.75. The third-order valence-corrected chi connectivity index (χ3v) is 2.46. The Morgan fingerprint density at radius 1 is 1.60 bits per heavy atom. The molecule has 1 atom stereocenters. The molecular weight excluding hydrogens is 271 g/mol. The second-order valence-corrected chi connectivity index (χ2v) is 4.03. The Balaban J connectivity index is 2.79. The van der Waals surface area contributed by atoms with Crippen LogP contribution in [0.2, 0.25) is 0 Å². The molecule has 0 radical (unpaired) electrons. The molecule has 7 nitrogen and oxygen atoms in total. The fourth-order valence-corrected chi connectivity index (χ4v) is 1.46. The van der Waals surface area contributed by atoms with Crippen LogP contribution in [0.25, 0.3) is 0 Å². The van der Waals surface area contributed by atoms with Crippen molar-refractivity contribution in [3.8, 4) is 5.75 Å². The minimum absolute atomic E-state index is 0.292. The number of nitro groups is 1. The lowest BCUT2D eigenvalue weighted by atomic mass is 10.2. The number of aliphatic carboxylic acids is 1. The fraction of sp³-hybridized carbons (Fsp3) is 0.417. The standard InChI is InChI=1S/C12H15FN2O5/c1-2-5-14-9(12(16)17)7-20-11-6-8(13)3-4-10(11)15(18)19/h3-4,6,9,14H,2,5,7H2,1H3,(H,16,17). The molecule has 110 valence electrons. The summed E-state index contributed by atoms with van der Waals surface area (Å²) in [6.07, 6.45) is 0.726. The van der Waals surface area contributed by atoms with Crippen molar-refractivity contribution in [1.29, 1.82) is 0 Å². The number of nitrogens with zero attached hydrogens (tertiary/aromatic N) is 1. The first-order chi connectivity index (χ1) is 9.45. The van der Waals surface area contributed by atoms with Crippen LogP contribution in [-0.4, -0.2) is 35.2 Å². The van der Waals surface area contributed by atoms with Gasteiger partial charge < -0.3 is 15.2 Å². The molecule has 0 spiro atoms. The Kier molecular flexibility index (Phi) is 5.85. The van der Waals surface area contributed by atoms with Crippen LogP contribution in [0.15, 0.2) is 18.2 Å². The van der Waals surface area contributed by atoms with E-state index < -0.39 is 28.4 Å². The molecule has 0 aliphatic rings. The van der Waals surface area contributed by atoms with E-state index in [1.807, 2.05) is 6.92 Å². The molecular formula is C12H15FN2O5. The number of carboxylic acids is 1. The molecule has 2 N–H and O–H groups in total. The molecule has 0 bridgehead atoms. The Morgan fingerprint density at radius 3 is 2.85 bits per heavy atom. The van der Waals surface area contributed by atoms with E-state index in [4.69, 9.17) is 9.84 Å². The van der Waals surface area contributed by atoms with Gasteiger partial charge >= 0.3 is 11.7 Å². The van der Waals surface area contributed by atoms with Gasteiger partial charge in [-0.05, 0) is 19.0 Å². The van der Waals surface area contributed by atoms with Crippen molar-refractivity contribution in [2.75, 3.05) is 13.2 Å². The second kappa shape index (κ2) is 7.39. The minimum atomic E-state index is -1.14. The number of nitrogens with one attached hydrogen (secondary N) is 1. The Hall–Kier alpha value is -2.22. The van der Waals surface area contributed by atoms with Crippen LogP contribution in [0.3, 0.4) is 0 Å². The van der Waals surface area contributed by atoms with Gasteiger partial charge in [-0.3, -0.25) is 14.9 Å². The van der Waals surface area contributed by atoms with Gasteiger partial charge in [-0.25, -0.2) is 4.39 Å². The van der Waals surface area contributed by atoms with Gasteiger partial charge in [0.25, 0.3) is 0 Å². The first-order valence-corrected chi connectivity index (χ1v) is 5.98. The number of nitro benzene ring substituents is 1. The van der Waals surface area contributed by atoms with Gasteiger partial charge in [0.05, 0.1) is 4.92 Å². The lowest BCUT2D eigenvalue weighted by Gasteiger charge is -2.14. The Bertz CT molecular complexity index is 495. The van der Waals surface area contributed by atoms with Crippen LogP contribution in [0, 0.1) is 15.9 Å². The lowest BCUT2D eigenvalue weighted by Crippen LogP contribution is -2.41. The Labute approximate surface area is 114 Å². The summed E-state index contributed by atoms with van der Waals surface area (Å²) in [6.45, 7) is 2.00. The summed E-state index contributed by atoms with van der Waals surface area (Å²) in [4.78, 5) is 21.0. The normalized spacial score (nSPS) is 11.9. The van der Waals surface area contributed by atoms with Gasteiger partial charge in [0.1, 0.15) is 18.5 Å². The van der Waals surface area contributed by atoms with Gasteiger partial charge in [-0.15, -0.1) is 0 Å². The van der Waals surface area contributed by atoms with Crippen molar-refractivity contribution in [3.05, 3.63) is 34.1 Å². The summed E-state index contributed by atoms with van der Waals surface area (Å²) >= 11 is 0. The number of hydrogen-bond acceptors (Lipinski definition) is 5. The van der Waals surface area contributed by atoms with Crippen LogP contribution in [0.5, 0.6) is 5.75 Å². The molecule has 1 unspecified atom stereocenters. The van der Waals surface area contributed by atoms with E-state index in [0.29, 0.717) is 6.54 Å². The van der Waals surface area contributed by atoms with Crippen molar-refractivity contribution >= 4 is 11.7 Å². The molecule has 1 rings (SSSR count). The molecule has 0 aliphatic carbocycles. The van der Waals surface area contributed by atoms with Crippen LogP contribution in [0.1, 0.15) is 13.3 Å². The molecule has 1 aromatic carbocycles. The lowest BCUT2D eigenvalue weighted by molar-refractivity contribution is -0.385. The van der Waals surface area contributed by atoms with E-state index in [-0.39, 0.29) is 12.4 Å². The average molecular weight is 286 g/mol. The summed E-state index contributed by atoms with van der Waals surface area (Å²) in [7, 11) is 0. The molecule has 20 heavy (non-hydrogen) atoms. The minimum Gasteiger partial charge on any atom is -0.484 e. The zero-order chi connectivity index (χ0) is 15.1. The van der Waals surface area contributed by atoms with Crippen LogP contribution in [0.4, 0.5) is 10.1 Å². The molecule has 0 heterocycles. The van der Waals surface area contributed by atoms with Gasteiger partial charge in [-0.2, -0.15) is 0 Å². The van der Waals surface area contributed by atoms with E-state index >= 15 is 0 Å². The summed E-state index contributed by atoms with van der Waals surface area (Å²) < 4.78 is 18.1. The van der Waals surface area contributed by atoms with Gasteiger partial charge in [0.15, 0.2) is 5.75 Å². The zero-order valence-electron chi connectivity index (χ0n) is 10.8. The van der Waals surface area contributed by atoms with Gasteiger partial charge in [0, 0.05) is 12.1 Å². The van der Waals surface area contributed by atoms with Crippen molar-refractivity contribution in [2.45, 2.75) is 19.4 Å². The molecule has 0 saturated heterocycles. The number of benzene rings is 1. The van der Waals surface area contributed by atoms with Crippen molar-refractivity contribution in [2.24, 2.45) is 0 Å². The monoisotopic (exact) mass is 286 g/mol. The number of carbonyl (C=O) groups is 1. The maximum atomic E-state index is 13.1. The van der Waals surface area contributed by atoms with Crippen molar-refractivity contribution in [3.63, 3.8) is 0 Å². The highest BCUT2D eigenvalue weighted by Crippen LogP contribution is 2.27. The second-order valence-electron chi connectivity index (χ2n) is 4.03. The number of ether oxygens (including phenoxy) is 1. The van der Waals surface area contributed by atoms with Crippen LogP contribution in [-0.2, 0) is 4.79 Å². The average Bonchev–Trinajstić information content (AvgIpc) is 2.38. The molecule has 8 heteroatoms. The smallest absolute Gasteiger partial charge is 0.324 e. The van der Waals surface area contributed by atoms with E-state index in [1.165, 1.54) is 0 Å². The van der Waals surface area contributed by atoms with Gasteiger partial charge in [-0.1, -0.05) is 6.92 Å². The van der Waals surface area contributed by atoms with E-state index in [0.717, 1.165) is 24.6 Å². The first-order valence-electron chi connectivity index (χ1n) is 5.98. The largest absolute Gasteiger partial charge is 0.484 e. The number of rotatable bonds is 8. The number of halogens is 1. The third kappa shape index (κ3) is 4.47. The highest BCUT2D eigenvalue weighted by Gasteiger charge is 2.21. The number of hydrogen-bond donors (Lipinski definition) is 2. The molecule has 0 aromatic heterocycles. The maximum absolute atomic E-state index is 13.1. The summed E-state index contributed by atoms with van der Waals surface area (Å²) in [5.41, 5.74) is -0.411. The van der Waals surface area contributed by atoms with Gasteiger partial charge in [0.2, 0.25) is 0 Å². The highest BCUT2D eigenvalue weighted by molar-refractivity contribution is 5.73. The molecule has 0 saturated carbocycles. The molecule has 0 aliphatic heterocycles. The van der Waals surface area contributed by atoms with Crippen LogP contribution < -0.4 is 10.1 Å². The zero-order valence-corrected chi connectivity index (χ0v) is 10.8. The maximum Gasteiger partial charge on any atom is 0.324 e. The van der Waals surface area contributed by atoms with Crippen molar-refractivity contribution < 1.29 is 24.0 Å². The number of carboxylic acid groups (broad SMARTS) is 1.